The van der Waals surface area contributed by atoms with Gasteiger partial charge >= 0.3 is 0 Å². The Morgan fingerprint density at radius 2 is 1.78 bits per heavy atom. The minimum absolute atomic E-state index is 0.230. The molecular formula is C15H16FNO. The van der Waals surface area contributed by atoms with E-state index in [2.05, 4.69) is 0 Å². The van der Waals surface area contributed by atoms with E-state index < -0.39 is 0 Å². The summed E-state index contributed by atoms with van der Waals surface area (Å²) in [6, 6.07) is 12.3. The summed E-state index contributed by atoms with van der Waals surface area (Å²) in [4.78, 5) is 0. The van der Waals surface area contributed by atoms with Crippen LogP contribution >= 0.6 is 0 Å². The van der Waals surface area contributed by atoms with Gasteiger partial charge in [0.25, 0.3) is 0 Å². The fraction of sp³-hybridized carbons (Fsp3) is 0.200. The van der Waals surface area contributed by atoms with Gasteiger partial charge in [0.2, 0.25) is 0 Å². The second-order valence-corrected chi connectivity index (χ2v) is 4.31. The van der Waals surface area contributed by atoms with Gasteiger partial charge in [-0.3, -0.25) is 0 Å². The molecule has 0 atom stereocenters. The summed E-state index contributed by atoms with van der Waals surface area (Å²) in [5.74, 6) is -0.230. The van der Waals surface area contributed by atoms with Crippen molar-refractivity contribution in [2.75, 3.05) is 5.73 Å². The molecule has 2 aromatic carbocycles. The Morgan fingerprint density at radius 1 is 1.06 bits per heavy atom. The van der Waals surface area contributed by atoms with Crippen molar-refractivity contribution in [3.8, 4) is 0 Å². The normalized spacial score (nSPS) is 10.6. The Balaban J connectivity index is 1.92. The Morgan fingerprint density at radius 3 is 2.50 bits per heavy atom. The number of aryl methyl sites for hydroxylation is 1. The smallest absolute Gasteiger partial charge is 0.123 e. The molecule has 0 amide bonds. The lowest BCUT2D eigenvalue weighted by atomic mass is 10.1. The summed E-state index contributed by atoms with van der Waals surface area (Å²) >= 11 is 0. The van der Waals surface area contributed by atoms with E-state index in [1.165, 1.54) is 12.1 Å². The van der Waals surface area contributed by atoms with Gasteiger partial charge in [-0.05, 0) is 47.9 Å². The Hall–Kier alpha value is -1.87. The van der Waals surface area contributed by atoms with Gasteiger partial charge in [0.1, 0.15) is 5.82 Å². The Bertz CT molecular complexity index is 523. The number of ether oxygens (including phenoxy) is 1. The topological polar surface area (TPSA) is 35.2 Å². The SMILES string of the molecule is Cc1ccc(F)cc1COCc1ccc(N)cc1. The van der Waals surface area contributed by atoms with Crippen molar-refractivity contribution in [1.29, 1.82) is 0 Å². The molecule has 3 heteroatoms. The van der Waals surface area contributed by atoms with Crippen LogP contribution in [0.3, 0.4) is 0 Å². The average Bonchev–Trinajstić information content (AvgIpc) is 2.36. The van der Waals surface area contributed by atoms with Crippen LogP contribution < -0.4 is 5.73 Å². The summed E-state index contributed by atoms with van der Waals surface area (Å²) in [6.45, 7) is 2.85. The highest BCUT2D eigenvalue weighted by atomic mass is 19.1. The molecule has 0 aliphatic heterocycles. The molecule has 0 saturated heterocycles. The van der Waals surface area contributed by atoms with Gasteiger partial charge in [0, 0.05) is 5.69 Å². The van der Waals surface area contributed by atoms with Gasteiger partial charge in [-0.25, -0.2) is 4.39 Å². The van der Waals surface area contributed by atoms with Crippen molar-refractivity contribution in [3.63, 3.8) is 0 Å². The number of nitrogens with two attached hydrogens (primary N) is 1. The third kappa shape index (κ3) is 3.31. The van der Waals surface area contributed by atoms with Crippen LogP contribution in [0.4, 0.5) is 10.1 Å². The molecule has 0 aromatic heterocycles. The number of anilines is 1. The summed E-state index contributed by atoms with van der Waals surface area (Å²) in [7, 11) is 0. The maximum Gasteiger partial charge on any atom is 0.123 e. The Labute approximate surface area is 106 Å². The first-order chi connectivity index (χ1) is 8.65. The standard InChI is InChI=1S/C15H16FNO/c1-11-2-5-14(16)8-13(11)10-18-9-12-3-6-15(17)7-4-12/h2-8H,9-10,17H2,1H3. The fourth-order valence-corrected chi connectivity index (χ4v) is 1.69. The number of halogens is 1. The second-order valence-electron chi connectivity index (χ2n) is 4.31. The van der Waals surface area contributed by atoms with E-state index in [1.807, 2.05) is 31.2 Å². The second kappa shape index (κ2) is 5.65. The molecule has 0 spiro atoms. The van der Waals surface area contributed by atoms with Crippen LogP contribution in [0.2, 0.25) is 0 Å². The van der Waals surface area contributed by atoms with E-state index >= 15 is 0 Å². The number of rotatable bonds is 4. The molecular weight excluding hydrogens is 229 g/mol. The molecule has 2 nitrogen and oxygen atoms in total. The zero-order valence-corrected chi connectivity index (χ0v) is 10.3. The predicted octanol–water partition coefficient (Wildman–Crippen LogP) is 3.43. The van der Waals surface area contributed by atoms with Crippen LogP contribution in [0, 0.1) is 12.7 Å². The maximum atomic E-state index is 13.1. The molecule has 2 rings (SSSR count). The minimum atomic E-state index is -0.230. The molecule has 0 fully saturated rings. The van der Waals surface area contributed by atoms with E-state index in [4.69, 9.17) is 10.5 Å². The van der Waals surface area contributed by atoms with Gasteiger partial charge < -0.3 is 10.5 Å². The molecule has 18 heavy (non-hydrogen) atoms. The number of hydrogen-bond donors (Lipinski definition) is 1. The predicted molar refractivity (Wildman–Crippen MR) is 70.5 cm³/mol. The summed E-state index contributed by atoms with van der Waals surface area (Å²) in [5.41, 5.74) is 9.31. The van der Waals surface area contributed by atoms with E-state index in [-0.39, 0.29) is 5.82 Å². The van der Waals surface area contributed by atoms with Crippen molar-refractivity contribution in [2.45, 2.75) is 20.1 Å². The van der Waals surface area contributed by atoms with Crippen LogP contribution in [-0.4, -0.2) is 0 Å². The summed E-state index contributed by atoms with van der Waals surface area (Å²) in [6.07, 6.45) is 0. The van der Waals surface area contributed by atoms with Crippen LogP contribution in [0.5, 0.6) is 0 Å². The van der Waals surface area contributed by atoms with E-state index in [1.54, 1.807) is 6.07 Å². The number of hydrogen-bond acceptors (Lipinski definition) is 2. The molecule has 0 heterocycles. The fourth-order valence-electron chi connectivity index (χ4n) is 1.69. The van der Waals surface area contributed by atoms with E-state index in [0.29, 0.717) is 13.2 Å². The van der Waals surface area contributed by atoms with Crippen LogP contribution in [0.25, 0.3) is 0 Å². The van der Waals surface area contributed by atoms with Crippen molar-refractivity contribution in [1.82, 2.24) is 0 Å². The molecule has 2 N–H and O–H groups in total. The molecule has 2 aromatic rings. The van der Waals surface area contributed by atoms with Gasteiger partial charge in [-0.1, -0.05) is 18.2 Å². The molecule has 0 aliphatic rings. The maximum absolute atomic E-state index is 13.1. The lowest BCUT2D eigenvalue weighted by molar-refractivity contribution is 0.106. The van der Waals surface area contributed by atoms with Gasteiger partial charge in [-0.2, -0.15) is 0 Å². The highest BCUT2D eigenvalue weighted by Crippen LogP contribution is 2.13. The molecule has 0 unspecified atom stereocenters. The lowest BCUT2D eigenvalue weighted by Crippen LogP contribution is -1.97. The average molecular weight is 245 g/mol. The molecule has 0 saturated carbocycles. The van der Waals surface area contributed by atoms with Crippen molar-refractivity contribution >= 4 is 5.69 Å². The zero-order chi connectivity index (χ0) is 13.0. The largest absolute Gasteiger partial charge is 0.399 e. The third-order valence-electron chi connectivity index (χ3n) is 2.82. The molecule has 0 bridgehead atoms. The monoisotopic (exact) mass is 245 g/mol. The van der Waals surface area contributed by atoms with Crippen LogP contribution in [0.1, 0.15) is 16.7 Å². The van der Waals surface area contributed by atoms with Crippen LogP contribution in [0.15, 0.2) is 42.5 Å². The number of benzene rings is 2. The zero-order valence-electron chi connectivity index (χ0n) is 10.3. The molecule has 0 aliphatic carbocycles. The molecule has 0 radical (unpaired) electrons. The summed E-state index contributed by atoms with van der Waals surface area (Å²) in [5, 5.41) is 0. The first kappa shape index (κ1) is 12.6. The first-order valence-corrected chi connectivity index (χ1v) is 5.82. The van der Waals surface area contributed by atoms with Crippen LogP contribution in [-0.2, 0) is 18.0 Å². The summed E-state index contributed by atoms with van der Waals surface area (Å²) < 4.78 is 18.6. The van der Waals surface area contributed by atoms with Gasteiger partial charge in [0.05, 0.1) is 13.2 Å². The molecule has 94 valence electrons. The van der Waals surface area contributed by atoms with Crippen molar-refractivity contribution in [3.05, 3.63) is 65.0 Å². The van der Waals surface area contributed by atoms with Crippen molar-refractivity contribution < 1.29 is 9.13 Å². The highest BCUT2D eigenvalue weighted by molar-refractivity contribution is 5.39. The minimum Gasteiger partial charge on any atom is -0.399 e. The third-order valence-corrected chi connectivity index (χ3v) is 2.82. The van der Waals surface area contributed by atoms with E-state index in [9.17, 15) is 4.39 Å². The number of nitrogen functional groups attached to an aromatic ring is 1. The Kier molecular flexibility index (Phi) is 3.95. The first-order valence-electron chi connectivity index (χ1n) is 5.82. The highest BCUT2D eigenvalue weighted by Gasteiger charge is 2.01. The van der Waals surface area contributed by atoms with E-state index in [0.717, 1.165) is 22.4 Å². The van der Waals surface area contributed by atoms with Gasteiger partial charge in [0.15, 0.2) is 0 Å². The lowest BCUT2D eigenvalue weighted by Gasteiger charge is -2.07. The quantitative estimate of drug-likeness (QED) is 0.837. The van der Waals surface area contributed by atoms with Crippen molar-refractivity contribution in [2.24, 2.45) is 0 Å². The van der Waals surface area contributed by atoms with Gasteiger partial charge in [-0.15, -0.1) is 0 Å².